The highest BCUT2D eigenvalue weighted by Gasteiger charge is 2.36. The maximum atomic E-state index is 3.61. The first-order chi connectivity index (χ1) is 9.30. The van der Waals surface area contributed by atoms with Crippen molar-refractivity contribution in [2.24, 2.45) is 5.92 Å². The van der Waals surface area contributed by atoms with Gasteiger partial charge in [-0.3, -0.25) is 4.90 Å². The predicted molar refractivity (Wildman–Crippen MR) is 83.5 cm³/mol. The van der Waals surface area contributed by atoms with Gasteiger partial charge in [0.25, 0.3) is 0 Å². The van der Waals surface area contributed by atoms with Gasteiger partial charge in [-0.05, 0) is 51.6 Å². The Bertz CT molecular complexity index is 248. The summed E-state index contributed by atoms with van der Waals surface area (Å²) < 4.78 is 0. The lowest BCUT2D eigenvalue weighted by molar-refractivity contribution is 0.0663. The largest absolute Gasteiger partial charge is 0.315 e. The normalized spacial score (nSPS) is 33.2. The van der Waals surface area contributed by atoms with Gasteiger partial charge in [0.2, 0.25) is 0 Å². The Morgan fingerprint density at radius 2 is 1.79 bits per heavy atom. The first kappa shape index (κ1) is 15.3. The van der Waals surface area contributed by atoms with Gasteiger partial charge in [0, 0.05) is 18.1 Å². The third-order valence-corrected chi connectivity index (χ3v) is 5.58. The van der Waals surface area contributed by atoms with Crippen LogP contribution in [0.25, 0.3) is 0 Å². The van der Waals surface area contributed by atoms with Crippen molar-refractivity contribution >= 4 is 0 Å². The second-order valence-corrected chi connectivity index (χ2v) is 6.70. The predicted octanol–water partition coefficient (Wildman–Crippen LogP) is 3.81. The fourth-order valence-electron chi connectivity index (χ4n) is 4.60. The van der Waals surface area contributed by atoms with Gasteiger partial charge in [-0.25, -0.2) is 0 Å². The van der Waals surface area contributed by atoms with Gasteiger partial charge >= 0.3 is 0 Å². The smallest absolute Gasteiger partial charge is 0.0254 e. The van der Waals surface area contributed by atoms with E-state index in [-0.39, 0.29) is 0 Å². The Morgan fingerprint density at radius 1 is 1.05 bits per heavy atom. The van der Waals surface area contributed by atoms with Crippen molar-refractivity contribution in [3.8, 4) is 0 Å². The standard InChI is InChI=1S/C17H34N2/c1-4-8-14-11-12-16(18-3)17(13-14)19(5-2)15-9-6-7-10-15/h14-18H,4-13H2,1-3H3. The van der Waals surface area contributed by atoms with Crippen LogP contribution >= 0.6 is 0 Å². The first-order valence-corrected chi connectivity index (χ1v) is 8.73. The molecule has 19 heavy (non-hydrogen) atoms. The molecule has 112 valence electrons. The molecule has 2 rings (SSSR count). The summed E-state index contributed by atoms with van der Waals surface area (Å²) in [5, 5.41) is 3.61. The van der Waals surface area contributed by atoms with Crippen LogP contribution in [0.3, 0.4) is 0 Å². The van der Waals surface area contributed by atoms with Gasteiger partial charge in [0.05, 0.1) is 0 Å². The monoisotopic (exact) mass is 266 g/mol. The Morgan fingerprint density at radius 3 is 2.37 bits per heavy atom. The van der Waals surface area contributed by atoms with Crippen LogP contribution in [0.15, 0.2) is 0 Å². The number of nitrogens with one attached hydrogen (secondary N) is 1. The summed E-state index contributed by atoms with van der Waals surface area (Å²) in [6, 6.07) is 2.41. The molecule has 2 saturated carbocycles. The Balaban J connectivity index is 2.02. The minimum atomic E-state index is 0.730. The maximum absolute atomic E-state index is 3.61. The van der Waals surface area contributed by atoms with E-state index < -0.39 is 0 Å². The molecule has 0 aromatic rings. The Kier molecular flexibility index (Phi) is 6.15. The number of likely N-dealkylation sites (N-methyl/N-ethyl adjacent to an activating group) is 2. The Labute approximate surface area is 120 Å². The second kappa shape index (κ2) is 7.64. The molecular weight excluding hydrogens is 232 g/mol. The topological polar surface area (TPSA) is 15.3 Å². The molecule has 2 nitrogen and oxygen atoms in total. The number of hydrogen-bond donors (Lipinski definition) is 1. The minimum absolute atomic E-state index is 0.730. The van der Waals surface area contributed by atoms with Crippen LogP contribution in [0.2, 0.25) is 0 Å². The molecule has 2 aliphatic carbocycles. The molecule has 0 heterocycles. The van der Waals surface area contributed by atoms with E-state index in [9.17, 15) is 0 Å². The summed E-state index contributed by atoms with van der Waals surface area (Å²) in [7, 11) is 2.17. The zero-order valence-electron chi connectivity index (χ0n) is 13.3. The fraction of sp³-hybridized carbons (Fsp3) is 1.00. The third-order valence-electron chi connectivity index (χ3n) is 5.58. The lowest BCUT2D eigenvalue weighted by atomic mass is 9.79. The van der Waals surface area contributed by atoms with Crippen molar-refractivity contribution < 1.29 is 0 Å². The fourth-order valence-corrected chi connectivity index (χ4v) is 4.60. The van der Waals surface area contributed by atoms with Crippen LogP contribution in [-0.2, 0) is 0 Å². The van der Waals surface area contributed by atoms with E-state index in [1.165, 1.54) is 64.3 Å². The van der Waals surface area contributed by atoms with Gasteiger partial charge in [0.15, 0.2) is 0 Å². The van der Waals surface area contributed by atoms with Gasteiger partial charge in [-0.1, -0.05) is 39.5 Å². The number of rotatable bonds is 6. The molecule has 0 saturated heterocycles. The zero-order chi connectivity index (χ0) is 13.7. The van der Waals surface area contributed by atoms with Crippen molar-refractivity contribution in [3.63, 3.8) is 0 Å². The maximum Gasteiger partial charge on any atom is 0.0254 e. The number of nitrogens with zero attached hydrogens (tertiary/aromatic N) is 1. The van der Waals surface area contributed by atoms with Crippen molar-refractivity contribution in [2.75, 3.05) is 13.6 Å². The van der Waals surface area contributed by atoms with E-state index in [1.807, 2.05) is 0 Å². The molecule has 2 aliphatic rings. The van der Waals surface area contributed by atoms with E-state index in [1.54, 1.807) is 0 Å². The van der Waals surface area contributed by atoms with Crippen LogP contribution in [0, 0.1) is 5.92 Å². The lowest BCUT2D eigenvalue weighted by Gasteiger charge is -2.45. The van der Waals surface area contributed by atoms with E-state index in [2.05, 4.69) is 31.1 Å². The molecule has 1 N–H and O–H groups in total. The summed E-state index contributed by atoms with van der Waals surface area (Å²) in [4.78, 5) is 2.86. The van der Waals surface area contributed by atoms with E-state index >= 15 is 0 Å². The lowest BCUT2D eigenvalue weighted by Crippen LogP contribution is -2.55. The first-order valence-electron chi connectivity index (χ1n) is 8.73. The average Bonchev–Trinajstić information content (AvgIpc) is 2.94. The molecule has 0 aromatic carbocycles. The van der Waals surface area contributed by atoms with Gasteiger partial charge < -0.3 is 5.32 Å². The van der Waals surface area contributed by atoms with Crippen LogP contribution in [0.4, 0.5) is 0 Å². The third kappa shape index (κ3) is 3.72. The van der Waals surface area contributed by atoms with Crippen molar-refractivity contribution in [2.45, 2.75) is 89.8 Å². The van der Waals surface area contributed by atoms with E-state index in [0.29, 0.717) is 0 Å². The molecule has 0 bridgehead atoms. The van der Waals surface area contributed by atoms with E-state index in [0.717, 1.165) is 24.0 Å². The summed E-state index contributed by atoms with van der Waals surface area (Å²) >= 11 is 0. The summed E-state index contributed by atoms with van der Waals surface area (Å²) in [6.45, 7) is 5.95. The zero-order valence-corrected chi connectivity index (χ0v) is 13.3. The summed E-state index contributed by atoms with van der Waals surface area (Å²) in [6.07, 6.45) is 12.9. The molecule has 2 heteroatoms. The SMILES string of the molecule is CCCC1CCC(NC)C(N(CC)C2CCCC2)C1. The average molecular weight is 266 g/mol. The molecule has 3 unspecified atom stereocenters. The highest BCUT2D eigenvalue weighted by Crippen LogP contribution is 2.34. The van der Waals surface area contributed by atoms with Crippen LogP contribution in [0.1, 0.15) is 71.6 Å². The molecule has 0 aromatic heterocycles. The molecular formula is C17H34N2. The summed E-state index contributed by atoms with van der Waals surface area (Å²) in [5.41, 5.74) is 0. The van der Waals surface area contributed by atoms with Gasteiger partial charge in [-0.2, -0.15) is 0 Å². The van der Waals surface area contributed by atoms with Crippen molar-refractivity contribution in [3.05, 3.63) is 0 Å². The van der Waals surface area contributed by atoms with Crippen LogP contribution in [0.5, 0.6) is 0 Å². The van der Waals surface area contributed by atoms with Gasteiger partial charge in [-0.15, -0.1) is 0 Å². The molecule has 3 atom stereocenters. The number of hydrogen-bond acceptors (Lipinski definition) is 2. The molecule has 0 aliphatic heterocycles. The minimum Gasteiger partial charge on any atom is -0.315 e. The van der Waals surface area contributed by atoms with Gasteiger partial charge in [0.1, 0.15) is 0 Å². The molecule has 0 amide bonds. The van der Waals surface area contributed by atoms with Crippen molar-refractivity contribution in [1.29, 1.82) is 0 Å². The Hall–Kier alpha value is -0.0800. The summed E-state index contributed by atoms with van der Waals surface area (Å²) in [5.74, 6) is 0.982. The van der Waals surface area contributed by atoms with Crippen molar-refractivity contribution in [1.82, 2.24) is 10.2 Å². The van der Waals surface area contributed by atoms with Crippen LogP contribution < -0.4 is 5.32 Å². The molecule has 0 radical (unpaired) electrons. The molecule has 0 spiro atoms. The van der Waals surface area contributed by atoms with E-state index in [4.69, 9.17) is 0 Å². The quantitative estimate of drug-likeness (QED) is 0.786. The highest BCUT2D eigenvalue weighted by molar-refractivity contribution is 4.93. The van der Waals surface area contributed by atoms with Crippen LogP contribution in [-0.4, -0.2) is 36.6 Å². The second-order valence-electron chi connectivity index (χ2n) is 6.70. The highest BCUT2D eigenvalue weighted by atomic mass is 15.2. The molecule has 2 fully saturated rings.